The highest BCUT2D eigenvalue weighted by Gasteiger charge is 2.24. The minimum absolute atomic E-state index is 0.0220. The molecule has 0 bridgehead atoms. The van der Waals surface area contributed by atoms with Crippen LogP contribution in [0, 0.1) is 0 Å². The summed E-state index contributed by atoms with van der Waals surface area (Å²) in [6.07, 6.45) is 0. The van der Waals surface area contributed by atoms with E-state index in [1.807, 2.05) is 6.07 Å². The van der Waals surface area contributed by atoms with Crippen LogP contribution in [-0.2, 0) is 11.3 Å². The molecule has 0 radical (unpaired) electrons. The van der Waals surface area contributed by atoms with E-state index in [2.05, 4.69) is 74.8 Å². The smallest absolute Gasteiger partial charge is 0.239 e. The Morgan fingerprint density at radius 2 is 1.83 bits per heavy atom. The number of nitrogens with zero attached hydrogens (tertiary/aromatic N) is 6. The summed E-state index contributed by atoms with van der Waals surface area (Å²) in [5.41, 5.74) is 1.20. The van der Waals surface area contributed by atoms with Gasteiger partial charge in [-0.15, -0.1) is 10.2 Å². The molecule has 3 heterocycles. The van der Waals surface area contributed by atoms with E-state index < -0.39 is 0 Å². The maximum Gasteiger partial charge on any atom is 0.239 e. The number of aromatic nitrogens is 5. The SMILES string of the molecule is CC(C)c1noc([C@@H](C)Sc2nnc(N3CCOCC3)n2Cc2ccccc2)n1. The van der Waals surface area contributed by atoms with Crippen LogP contribution in [0.3, 0.4) is 0 Å². The van der Waals surface area contributed by atoms with Gasteiger partial charge in [-0.2, -0.15) is 4.98 Å². The van der Waals surface area contributed by atoms with Gasteiger partial charge in [0.05, 0.1) is 25.0 Å². The summed E-state index contributed by atoms with van der Waals surface area (Å²) in [5.74, 6) is 2.45. The summed E-state index contributed by atoms with van der Waals surface area (Å²) in [6.45, 7) is 9.90. The molecule has 0 aliphatic carbocycles. The van der Waals surface area contributed by atoms with E-state index in [9.17, 15) is 0 Å². The number of anilines is 1. The number of benzene rings is 1. The third-order valence-corrected chi connectivity index (χ3v) is 5.85. The quantitative estimate of drug-likeness (QED) is 0.543. The van der Waals surface area contributed by atoms with Crippen LogP contribution in [0.5, 0.6) is 0 Å². The van der Waals surface area contributed by atoms with Crippen molar-refractivity contribution in [3.63, 3.8) is 0 Å². The minimum atomic E-state index is -0.0220. The molecule has 0 spiro atoms. The maximum atomic E-state index is 5.50. The lowest BCUT2D eigenvalue weighted by molar-refractivity contribution is 0.121. The average molecular weight is 415 g/mol. The van der Waals surface area contributed by atoms with E-state index in [1.54, 1.807) is 11.8 Å². The average Bonchev–Trinajstić information content (AvgIpc) is 3.38. The number of rotatable bonds is 7. The highest BCUT2D eigenvalue weighted by Crippen LogP contribution is 2.35. The van der Waals surface area contributed by atoms with Gasteiger partial charge in [0.2, 0.25) is 11.8 Å². The molecule has 4 rings (SSSR count). The van der Waals surface area contributed by atoms with Crippen LogP contribution in [0.4, 0.5) is 5.95 Å². The zero-order valence-electron chi connectivity index (χ0n) is 17.0. The first-order chi connectivity index (χ1) is 14.1. The highest BCUT2D eigenvalue weighted by atomic mass is 32.2. The van der Waals surface area contributed by atoms with Crippen molar-refractivity contribution in [2.75, 3.05) is 31.2 Å². The standard InChI is InChI=1S/C20H26N6O2S/c1-14(2)17-21-18(28-24-17)15(3)29-20-23-22-19(25-9-11-27-12-10-25)26(20)13-16-7-5-4-6-8-16/h4-8,14-15H,9-13H2,1-3H3/t15-/m1/s1. The molecule has 0 amide bonds. The zero-order valence-corrected chi connectivity index (χ0v) is 17.8. The molecule has 3 aromatic rings. The molecule has 1 saturated heterocycles. The van der Waals surface area contributed by atoms with Crippen LogP contribution in [0.2, 0.25) is 0 Å². The van der Waals surface area contributed by atoms with Crippen molar-refractivity contribution < 1.29 is 9.26 Å². The van der Waals surface area contributed by atoms with Crippen molar-refractivity contribution >= 4 is 17.7 Å². The second-order valence-electron chi connectivity index (χ2n) is 7.36. The first kappa shape index (κ1) is 19.9. The maximum absolute atomic E-state index is 5.50. The van der Waals surface area contributed by atoms with Gasteiger partial charge in [-0.05, 0) is 12.5 Å². The molecule has 0 saturated carbocycles. The van der Waals surface area contributed by atoms with E-state index in [0.717, 1.165) is 30.0 Å². The lowest BCUT2D eigenvalue weighted by atomic mass is 10.2. The zero-order chi connectivity index (χ0) is 20.2. The van der Waals surface area contributed by atoms with Crippen LogP contribution < -0.4 is 4.90 Å². The minimum Gasteiger partial charge on any atom is -0.378 e. The van der Waals surface area contributed by atoms with Crippen molar-refractivity contribution in [1.82, 2.24) is 24.9 Å². The van der Waals surface area contributed by atoms with Crippen molar-refractivity contribution in [3.8, 4) is 0 Å². The fraction of sp³-hybridized carbons (Fsp3) is 0.500. The second-order valence-corrected chi connectivity index (χ2v) is 8.67. The van der Waals surface area contributed by atoms with E-state index in [-0.39, 0.29) is 11.2 Å². The molecule has 2 aromatic heterocycles. The molecule has 1 atom stereocenters. The Morgan fingerprint density at radius 3 is 2.52 bits per heavy atom. The van der Waals surface area contributed by atoms with Crippen LogP contribution in [0.25, 0.3) is 0 Å². The van der Waals surface area contributed by atoms with E-state index in [0.29, 0.717) is 25.6 Å². The Bertz CT molecular complexity index is 920. The van der Waals surface area contributed by atoms with Crippen LogP contribution >= 0.6 is 11.8 Å². The van der Waals surface area contributed by atoms with E-state index in [4.69, 9.17) is 9.26 Å². The van der Waals surface area contributed by atoms with Crippen molar-refractivity contribution in [2.45, 2.75) is 43.6 Å². The van der Waals surface area contributed by atoms with E-state index >= 15 is 0 Å². The molecule has 154 valence electrons. The number of thioether (sulfide) groups is 1. The van der Waals surface area contributed by atoms with Gasteiger partial charge in [-0.1, -0.05) is 61.1 Å². The largest absolute Gasteiger partial charge is 0.378 e. The summed E-state index contributed by atoms with van der Waals surface area (Å²) in [4.78, 5) is 6.77. The molecular weight excluding hydrogens is 388 g/mol. The van der Waals surface area contributed by atoms with Crippen LogP contribution in [0.1, 0.15) is 49.2 Å². The molecule has 1 aromatic carbocycles. The van der Waals surface area contributed by atoms with Crippen molar-refractivity contribution in [2.24, 2.45) is 0 Å². The van der Waals surface area contributed by atoms with Gasteiger partial charge >= 0.3 is 0 Å². The molecule has 8 nitrogen and oxygen atoms in total. The fourth-order valence-corrected chi connectivity index (χ4v) is 4.00. The van der Waals surface area contributed by atoms with Crippen molar-refractivity contribution in [3.05, 3.63) is 47.6 Å². The summed E-state index contributed by atoms with van der Waals surface area (Å²) < 4.78 is 13.1. The summed E-state index contributed by atoms with van der Waals surface area (Å²) >= 11 is 1.59. The van der Waals surface area contributed by atoms with Gasteiger partial charge in [-0.25, -0.2) is 0 Å². The van der Waals surface area contributed by atoms with Crippen LogP contribution in [0.15, 0.2) is 40.0 Å². The molecule has 9 heteroatoms. The second kappa shape index (κ2) is 8.96. The monoisotopic (exact) mass is 414 g/mol. The first-order valence-electron chi connectivity index (χ1n) is 9.92. The molecule has 0 unspecified atom stereocenters. The Balaban J connectivity index is 1.60. The van der Waals surface area contributed by atoms with Gasteiger partial charge in [0, 0.05) is 19.0 Å². The third kappa shape index (κ3) is 4.62. The lowest BCUT2D eigenvalue weighted by Crippen LogP contribution is -2.38. The van der Waals surface area contributed by atoms with Crippen molar-refractivity contribution in [1.29, 1.82) is 0 Å². The Hall–Kier alpha value is -2.39. The fourth-order valence-electron chi connectivity index (χ4n) is 3.13. The Kier molecular flexibility index (Phi) is 6.15. The lowest BCUT2D eigenvalue weighted by Gasteiger charge is -2.28. The first-order valence-corrected chi connectivity index (χ1v) is 10.8. The number of hydrogen-bond donors (Lipinski definition) is 0. The highest BCUT2D eigenvalue weighted by molar-refractivity contribution is 7.99. The number of morpholine rings is 1. The van der Waals surface area contributed by atoms with Crippen LogP contribution in [-0.4, -0.2) is 51.2 Å². The predicted octanol–water partition coefficient (Wildman–Crippen LogP) is 3.52. The summed E-state index contributed by atoms with van der Waals surface area (Å²) in [7, 11) is 0. The predicted molar refractivity (Wildman–Crippen MR) is 111 cm³/mol. The molecule has 29 heavy (non-hydrogen) atoms. The Morgan fingerprint density at radius 1 is 1.07 bits per heavy atom. The molecule has 1 aliphatic rings. The van der Waals surface area contributed by atoms with Gasteiger partial charge < -0.3 is 14.2 Å². The molecule has 1 fully saturated rings. The normalized spacial score (nSPS) is 15.8. The molecular formula is C20H26N6O2S. The third-order valence-electron chi connectivity index (χ3n) is 4.78. The van der Waals surface area contributed by atoms with Gasteiger partial charge in [0.15, 0.2) is 11.0 Å². The number of hydrogen-bond acceptors (Lipinski definition) is 8. The molecule has 0 N–H and O–H groups in total. The Labute approximate surface area is 174 Å². The number of ether oxygens (including phenoxy) is 1. The molecule has 1 aliphatic heterocycles. The topological polar surface area (TPSA) is 82.1 Å². The van der Waals surface area contributed by atoms with Gasteiger partial charge in [0.1, 0.15) is 0 Å². The van der Waals surface area contributed by atoms with Gasteiger partial charge in [0.25, 0.3) is 0 Å². The van der Waals surface area contributed by atoms with E-state index in [1.165, 1.54) is 5.56 Å². The summed E-state index contributed by atoms with van der Waals surface area (Å²) in [5, 5.41) is 13.9. The summed E-state index contributed by atoms with van der Waals surface area (Å²) in [6, 6.07) is 10.4. The van der Waals surface area contributed by atoms with Gasteiger partial charge in [-0.3, -0.25) is 4.57 Å².